The van der Waals surface area contributed by atoms with E-state index < -0.39 is 11.9 Å². The van der Waals surface area contributed by atoms with Crippen LogP contribution in [0.25, 0.3) is 11.1 Å². The van der Waals surface area contributed by atoms with Gasteiger partial charge in [-0.1, -0.05) is 42.5 Å². The molecule has 0 bridgehead atoms. The zero-order chi connectivity index (χ0) is 15.5. The molecule has 4 heteroatoms. The van der Waals surface area contributed by atoms with Gasteiger partial charge in [0.2, 0.25) is 0 Å². The van der Waals surface area contributed by atoms with Gasteiger partial charge < -0.3 is 10.0 Å². The summed E-state index contributed by atoms with van der Waals surface area (Å²) in [6, 6.07) is 17.4. The number of carboxylic acids is 1. The van der Waals surface area contributed by atoms with Gasteiger partial charge in [-0.3, -0.25) is 9.59 Å². The van der Waals surface area contributed by atoms with Crippen molar-refractivity contribution in [3.05, 3.63) is 60.2 Å². The van der Waals surface area contributed by atoms with E-state index in [1.165, 1.54) is 0 Å². The third kappa shape index (κ3) is 2.86. The standard InChI is InChI=1S/C18H17NO3/c20-17(19-11-10-16(12-19)18(21)22)15-8-6-14(7-9-15)13-4-2-1-3-5-13/h1-9,16H,10-12H2,(H,21,22)/t16-/m1/s1. The zero-order valence-electron chi connectivity index (χ0n) is 12.1. The van der Waals surface area contributed by atoms with Gasteiger partial charge in [0.25, 0.3) is 5.91 Å². The Bertz CT molecular complexity index is 679. The molecule has 22 heavy (non-hydrogen) atoms. The maximum atomic E-state index is 12.4. The normalized spacial score (nSPS) is 17.5. The summed E-state index contributed by atoms with van der Waals surface area (Å²) in [7, 11) is 0. The molecule has 1 atom stereocenters. The number of hydrogen-bond donors (Lipinski definition) is 1. The lowest BCUT2D eigenvalue weighted by molar-refractivity contribution is -0.141. The summed E-state index contributed by atoms with van der Waals surface area (Å²) in [4.78, 5) is 25.0. The summed E-state index contributed by atoms with van der Waals surface area (Å²) in [6.07, 6.45) is 0.531. The van der Waals surface area contributed by atoms with Crippen LogP contribution in [0.2, 0.25) is 0 Å². The second-order valence-electron chi connectivity index (χ2n) is 5.52. The summed E-state index contributed by atoms with van der Waals surface area (Å²) in [5, 5.41) is 9.01. The van der Waals surface area contributed by atoms with Gasteiger partial charge in [0.1, 0.15) is 0 Å². The van der Waals surface area contributed by atoms with Crippen LogP contribution in [0.4, 0.5) is 0 Å². The number of hydrogen-bond acceptors (Lipinski definition) is 2. The molecular formula is C18H17NO3. The number of benzene rings is 2. The Morgan fingerprint density at radius 1 is 0.955 bits per heavy atom. The predicted octanol–water partition coefficient (Wildman–Crippen LogP) is 2.90. The van der Waals surface area contributed by atoms with Crippen molar-refractivity contribution in [1.82, 2.24) is 4.90 Å². The minimum absolute atomic E-state index is 0.0941. The highest BCUT2D eigenvalue weighted by Gasteiger charge is 2.31. The summed E-state index contributed by atoms with van der Waals surface area (Å²) in [5.74, 6) is -1.36. The fraction of sp³-hybridized carbons (Fsp3) is 0.222. The summed E-state index contributed by atoms with van der Waals surface area (Å²) in [5.41, 5.74) is 2.77. The average molecular weight is 295 g/mol. The molecule has 2 aromatic carbocycles. The topological polar surface area (TPSA) is 57.6 Å². The SMILES string of the molecule is O=C(O)[C@@H]1CCN(C(=O)c2ccc(-c3ccccc3)cc2)C1. The van der Waals surface area contributed by atoms with Crippen LogP contribution >= 0.6 is 0 Å². The molecule has 0 radical (unpaired) electrons. The van der Waals surface area contributed by atoms with Crippen molar-refractivity contribution in [3.8, 4) is 11.1 Å². The van der Waals surface area contributed by atoms with Crippen LogP contribution in [0.15, 0.2) is 54.6 Å². The van der Waals surface area contributed by atoms with Gasteiger partial charge in [0.15, 0.2) is 0 Å². The Morgan fingerprint density at radius 2 is 1.59 bits per heavy atom. The first kappa shape index (κ1) is 14.3. The highest BCUT2D eigenvalue weighted by molar-refractivity contribution is 5.95. The number of nitrogens with zero attached hydrogens (tertiary/aromatic N) is 1. The number of carbonyl (C=O) groups excluding carboxylic acids is 1. The fourth-order valence-corrected chi connectivity index (χ4v) is 2.76. The lowest BCUT2D eigenvalue weighted by Crippen LogP contribution is -2.29. The van der Waals surface area contributed by atoms with Crippen LogP contribution in [-0.4, -0.2) is 35.0 Å². The first-order valence-electron chi connectivity index (χ1n) is 7.33. The molecule has 0 unspecified atom stereocenters. The summed E-state index contributed by atoms with van der Waals surface area (Å²) >= 11 is 0. The molecule has 112 valence electrons. The van der Waals surface area contributed by atoms with E-state index >= 15 is 0 Å². The molecular weight excluding hydrogens is 278 g/mol. The highest BCUT2D eigenvalue weighted by Crippen LogP contribution is 2.22. The van der Waals surface area contributed by atoms with Crippen molar-refractivity contribution in [1.29, 1.82) is 0 Å². The minimum atomic E-state index is -0.824. The lowest BCUT2D eigenvalue weighted by atomic mass is 10.0. The van der Waals surface area contributed by atoms with Crippen LogP contribution in [0.3, 0.4) is 0 Å². The van der Waals surface area contributed by atoms with Crippen molar-refractivity contribution >= 4 is 11.9 Å². The van der Waals surface area contributed by atoms with Crippen molar-refractivity contribution in [3.63, 3.8) is 0 Å². The van der Waals surface area contributed by atoms with E-state index in [2.05, 4.69) is 0 Å². The molecule has 0 saturated carbocycles. The lowest BCUT2D eigenvalue weighted by Gasteiger charge is -2.16. The number of rotatable bonds is 3. The van der Waals surface area contributed by atoms with Crippen molar-refractivity contribution in [2.45, 2.75) is 6.42 Å². The van der Waals surface area contributed by atoms with E-state index in [1.54, 1.807) is 17.0 Å². The quantitative estimate of drug-likeness (QED) is 0.947. The van der Waals surface area contributed by atoms with Gasteiger partial charge in [-0.15, -0.1) is 0 Å². The number of aliphatic carboxylic acids is 1. The van der Waals surface area contributed by atoms with Crippen LogP contribution in [-0.2, 0) is 4.79 Å². The molecule has 1 saturated heterocycles. The van der Waals surface area contributed by atoms with E-state index in [-0.39, 0.29) is 5.91 Å². The fourth-order valence-electron chi connectivity index (χ4n) is 2.76. The van der Waals surface area contributed by atoms with Gasteiger partial charge in [0, 0.05) is 18.7 Å². The molecule has 1 aliphatic heterocycles. The van der Waals surface area contributed by atoms with E-state index in [9.17, 15) is 9.59 Å². The van der Waals surface area contributed by atoms with E-state index in [0.29, 0.717) is 25.1 Å². The van der Waals surface area contributed by atoms with Crippen LogP contribution < -0.4 is 0 Å². The molecule has 1 aliphatic rings. The van der Waals surface area contributed by atoms with Gasteiger partial charge >= 0.3 is 5.97 Å². The Morgan fingerprint density at radius 3 is 2.18 bits per heavy atom. The minimum Gasteiger partial charge on any atom is -0.481 e. The first-order chi connectivity index (χ1) is 10.6. The maximum absolute atomic E-state index is 12.4. The second-order valence-corrected chi connectivity index (χ2v) is 5.52. The zero-order valence-corrected chi connectivity index (χ0v) is 12.1. The van der Waals surface area contributed by atoms with E-state index in [1.807, 2.05) is 42.5 Å². The molecule has 1 heterocycles. The van der Waals surface area contributed by atoms with Crippen molar-refractivity contribution < 1.29 is 14.7 Å². The van der Waals surface area contributed by atoms with Gasteiger partial charge in [0.05, 0.1) is 5.92 Å². The molecule has 4 nitrogen and oxygen atoms in total. The summed E-state index contributed by atoms with van der Waals surface area (Å²) in [6.45, 7) is 0.810. The van der Waals surface area contributed by atoms with Crippen LogP contribution in [0.1, 0.15) is 16.8 Å². The Hall–Kier alpha value is -2.62. The highest BCUT2D eigenvalue weighted by atomic mass is 16.4. The maximum Gasteiger partial charge on any atom is 0.308 e. The van der Waals surface area contributed by atoms with E-state index in [4.69, 9.17) is 5.11 Å². The number of carboxylic acid groups (broad SMARTS) is 1. The monoisotopic (exact) mass is 295 g/mol. The first-order valence-corrected chi connectivity index (χ1v) is 7.33. The predicted molar refractivity (Wildman–Crippen MR) is 83.5 cm³/mol. The van der Waals surface area contributed by atoms with Crippen LogP contribution in [0, 0.1) is 5.92 Å². The largest absolute Gasteiger partial charge is 0.481 e. The third-order valence-electron chi connectivity index (χ3n) is 4.06. The average Bonchev–Trinajstić information content (AvgIpc) is 3.05. The number of amides is 1. The molecule has 1 fully saturated rings. The molecule has 1 N–H and O–H groups in total. The molecule has 0 aromatic heterocycles. The number of likely N-dealkylation sites (tertiary alicyclic amines) is 1. The molecule has 0 spiro atoms. The summed E-state index contributed by atoms with van der Waals surface area (Å²) < 4.78 is 0. The Kier molecular flexibility index (Phi) is 3.92. The van der Waals surface area contributed by atoms with Gasteiger partial charge in [-0.25, -0.2) is 0 Å². The van der Waals surface area contributed by atoms with Gasteiger partial charge in [-0.2, -0.15) is 0 Å². The molecule has 0 aliphatic carbocycles. The van der Waals surface area contributed by atoms with Crippen molar-refractivity contribution in [2.75, 3.05) is 13.1 Å². The molecule has 2 aromatic rings. The Balaban J connectivity index is 1.73. The van der Waals surface area contributed by atoms with Gasteiger partial charge in [-0.05, 0) is 29.7 Å². The molecule has 3 rings (SSSR count). The third-order valence-corrected chi connectivity index (χ3v) is 4.06. The smallest absolute Gasteiger partial charge is 0.308 e. The number of carbonyl (C=O) groups is 2. The van der Waals surface area contributed by atoms with Crippen LogP contribution in [0.5, 0.6) is 0 Å². The molecule has 1 amide bonds. The Labute approximate surface area is 129 Å². The van der Waals surface area contributed by atoms with E-state index in [0.717, 1.165) is 11.1 Å². The second kappa shape index (κ2) is 6.02. The van der Waals surface area contributed by atoms with Crippen molar-refractivity contribution in [2.24, 2.45) is 5.92 Å².